The van der Waals surface area contributed by atoms with Gasteiger partial charge in [-0.15, -0.1) is 0 Å². The van der Waals surface area contributed by atoms with Gasteiger partial charge in [0, 0.05) is 11.1 Å². The van der Waals surface area contributed by atoms with Crippen molar-refractivity contribution in [2.75, 3.05) is 14.1 Å². The van der Waals surface area contributed by atoms with Gasteiger partial charge in [0.25, 0.3) is 0 Å². The Labute approximate surface area is 126 Å². The minimum Gasteiger partial charge on any atom is -0.321 e. The molecule has 3 aromatic carbocycles. The summed E-state index contributed by atoms with van der Waals surface area (Å²) in [5.74, 6) is 0. The van der Waals surface area contributed by atoms with Gasteiger partial charge in [-0.2, -0.15) is 0 Å². The summed E-state index contributed by atoms with van der Waals surface area (Å²) < 4.78 is 1.05. The number of fused-ring (bicyclic) bond motifs is 2. The molecule has 0 atom stereocenters. The lowest BCUT2D eigenvalue weighted by molar-refractivity contribution is -0.909. The third-order valence-electron chi connectivity index (χ3n) is 4.50. The highest BCUT2D eigenvalue weighted by Gasteiger charge is 2.31. The second kappa shape index (κ2) is 4.44. The average molecular weight is 274 g/mol. The summed E-state index contributed by atoms with van der Waals surface area (Å²) in [6, 6.07) is 22.0. The lowest BCUT2D eigenvalue weighted by Crippen LogP contribution is -2.32. The molecule has 0 fully saturated rings. The predicted molar refractivity (Wildman–Crippen MR) is 88.9 cm³/mol. The van der Waals surface area contributed by atoms with Crippen molar-refractivity contribution in [3.05, 3.63) is 71.8 Å². The molecule has 1 aliphatic rings. The number of nitrogens with zero attached hydrogens (tertiary/aromatic N) is 1. The van der Waals surface area contributed by atoms with Gasteiger partial charge in [0.2, 0.25) is 0 Å². The molecule has 1 heteroatoms. The lowest BCUT2D eigenvalue weighted by atomic mass is 9.91. The Morgan fingerprint density at radius 2 is 1.52 bits per heavy atom. The van der Waals surface area contributed by atoms with E-state index in [2.05, 4.69) is 74.8 Å². The summed E-state index contributed by atoms with van der Waals surface area (Å²) in [6.45, 7) is 2.24. The van der Waals surface area contributed by atoms with Gasteiger partial charge in [0.1, 0.15) is 13.1 Å². The van der Waals surface area contributed by atoms with Crippen LogP contribution in [0.1, 0.15) is 11.1 Å². The van der Waals surface area contributed by atoms with Gasteiger partial charge in [-0.05, 0) is 28.0 Å². The predicted octanol–water partition coefficient (Wildman–Crippen LogP) is 4.60. The van der Waals surface area contributed by atoms with Crippen molar-refractivity contribution in [3.8, 4) is 11.1 Å². The van der Waals surface area contributed by atoms with Crippen LogP contribution in [0.5, 0.6) is 0 Å². The Morgan fingerprint density at radius 1 is 0.810 bits per heavy atom. The van der Waals surface area contributed by atoms with E-state index in [0.717, 1.165) is 17.6 Å². The lowest BCUT2D eigenvalue weighted by Gasteiger charge is -2.22. The molecule has 1 heterocycles. The smallest absolute Gasteiger partial charge is 0.105 e. The molecule has 104 valence electrons. The minimum absolute atomic E-state index is 1.05. The van der Waals surface area contributed by atoms with Crippen LogP contribution < -0.4 is 0 Å². The SMILES string of the molecule is C[N+]1(C)Cc2cc3ccccc3c(-c3ccccc3)c2C1. The molecule has 0 saturated heterocycles. The van der Waals surface area contributed by atoms with E-state index in [4.69, 9.17) is 0 Å². The van der Waals surface area contributed by atoms with Gasteiger partial charge in [0.05, 0.1) is 14.1 Å². The Balaban J connectivity index is 2.09. The van der Waals surface area contributed by atoms with E-state index >= 15 is 0 Å². The summed E-state index contributed by atoms with van der Waals surface area (Å²) >= 11 is 0. The molecule has 1 aliphatic heterocycles. The number of rotatable bonds is 1. The van der Waals surface area contributed by atoms with E-state index < -0.39 is 0 Å². The Bertz CT molecular complexity index is 816. The first-order valence-corrected chi connectivity index (χ1v) is 7.55. The molecule has 21 heavy (non-hydrogen) atoms. The van der Waals surface area contributed by atoms with Gasteiger partial charge in [-0.25, -0.2) is 0 Å². The van der Waals surface area contributed by atoms with E-state index in [-0.39, 0.29) is 0 Å². The van der Waals surface area contributed by atoms with Crippen molar-refractivity contribution >= 4 is 10.8 Å². The first-order valence-electron chi connectivity index (χ1n) is 7.55. The Morgan fingerprint density at radius 3 is 2.33 bits per heavy atom. The van der Waals surface area contributed by atoms with E-state index in [1.165, 1.54) is 33.0 Å². The van der Waals surface area contributed by atoms with Crippen LogP contribution in [0.4, 0.5) is 0 Å². The molecule has 0 unspecified atom stereocenters. The van der Waals surface area contributed by atoms with Gasteiger partial charge >= 0.3 is 0 Å². The van der Waals surface area contributed by atoms with Crippen LogP contribution in [-0.2, 0) is 13.1 Å². The molecule has 0 bridgehead atoms. The summed E-state index contributed by atoms with van der Waals surface area (Å²) in [4.78, 5) is 0. The van der Waals surface area contributed by atoms with E-state index in [1.807, 2.05) is 0 Å². The summed E-state index contributed by atoms with van der Waals surface area (Å²) in [5, 5.41) is 2.74. The van der Waals surface area contributed by atoms with Gasteiger partial charge in [-0.1, -0.05) is 54.6 Å². The zero-order chi connectivity index (χ0) is 14.4. The molecule has 0 saturated carbocycles. The normalized spacial score (nSPS) is 16.1. The highest BCUT2D eigenvalue weighted by Crippen LogP contribution is 2.40. The number of quaternary nitrogens is 1. The fourth-order valence-electron chi connectivity index (χ4n) is 3.65. The van der Waals surface area contributed by atoms with Crippen molar-refractivity contribution in [3.63, 3.8) is 0 Å². The van der Waals surface area contributed by atoms with E-state index in [1.54, 1.807) is 0 Å². The van der Waals surface area contributed by atoms with Gasteiger partial charge in [-0.3, -0.25) is 0 Å². The van der Waals surface area contributed by atoms with Crippen LogP contribution in [0.3, 0.4) is 0 Å². The number of benzene rings is 3. The quantitative estimate of drug-likeness (QED) is 0.569. The van der Waals surface area contributed by atoms with E-state index in [0.29, 0.717) is 0 Å². The Kier molecular flexibility index (Phi) is 2.66. The average Bonchev–Trinajstić information content (AvgIpc) is 2.78. The zero-order valence-corrected chi connectivity index (χ0v) is 12.6. The first-order chi connectivity index (χ1) is 10.1. The first kappa shape index (κ1) is 12.6. The van der Waals surface area contributed by atoms with Crippen molar-refractivity contribution in [1.82, 2.24) is 0 Å². The highest BCUT2D eigenvalue weighted by atomic mass is 15.3. The third kappa shape index (κ3) is 2.05. The second-order valence-electron chi connectivity index (χ2n) is 6.73. The van der Waals surface area contributed by atoms with Crippen LogP contribution >= 0.6 is 0 Å². The maximum Gasteiger partial charge on any atom is 0.105 e. The maximum atomic E-state index is 2.39. The highest BCUT2D eigenvalue weighted by molar-refractivity contribution is 5.99. The van der Waals surface area contributed by atoms with Crippen molar-refractivity contribution in [2.24, 2.45) is 0 Å². The molecule has 0 spiro atoms. The molecular weight excluding hydrogens is 254 g/mol. The van der Waals surface area contributed by atoms with Crippen molar-refractivity contribution in [1.29, 1.82) is 0 Å². The molecule has 0 aliphatic carbocycles. The summed E-state index contributed by atoms with van der Waals surface area (Å²) in [5.41, 5.74) is 5.82. The standard InChI is InChI=1S/C20H20N/c1-21(2)13-17-12-16-10-6-7-11-18(16)20(19(17)14-21)15-8-4-3-5-9-15/h3-12H,13-14H2,1-2H3/q+1. The Hall–Kier alpha value is -2.12. The van der Waals surface area contributed by atoms with Gasteiger partial charge < -0.3 is 4.48 Å². The fourth-order valence-corrected chi connectivity index (χ4v) is 3.65. The third-order valence-corrected chi connectivity index (χ3v) is 4.50. The van der Waals surface area contributed by atoms with Crippen LogP contribution in [0.15, 0.2) is 60.7 Å². The minimum atomic E-state index is 1.05. The molecule has 3 aromatic rings. The molecule has 1 nitrogen and oxygen atoms in total. The maximum absolute atomic E-state index is 2.39. The number of hydrogen-bond donors (Lipinski definition) is 0. The molecule has 0 N–H and O–H groups in total. The number of hydrogen-bond acceptors (Lipinski definition) is 0. The van der Waals surface area contributed by atoms with Crippen LogP contribution in [0.2, 0.25) is 0 Å². The van der Waals surface area contributed by atoms with Crippen LogP contribution in [-0.4, -0.2) is 18.6 Å². The summed E-state index contributed by atoms with van der Waals surface area (Å²) in [7, 11) is 4.64. The van der Waals surface area contributed by atoms with Crippen molar-refractivity contribution < 1.29 is 4.48 Å². The fraction of sp³-hybridized carbons (Fsp3) is 0.200. The molecule has 4 rings (SSSR count). The molecule has 0 radical (unpaired) electrons. The van der Waals surface area contributed by atoms with Gasteiger partial charge in [0.15, 0.2) is 0 Å². The molecular formula is C20H20N+. The molecule has 0 aromatic heterocycles. The summed E-state index contributed by atoms with van der Waals surface area (Å²) in [6.07, 6.45) is 0. The molecule has 0 amide bonds. The monoisotopic (exact) mass is 274 g/mol. The topological polar surface area (TPSA) is 0 Å². The van der Waals surface area contributed by atoms with Crippen LogP contribution in [0, 0.1) is 0 Å². The van der Waals surface area contributed by atoms with Crippen LogP contribution in [0.25, 0.3) is 21.9 Å². The van der Waals surface area contributed by atoms with E-state index in [9.17, 15) is 0 Å². The second-order valence-corrected chi connectivity index (χ2v) is 6.73. The largest absolute Gasteiger partial charge is 0.321 e. The zero-order valence-electron chi connectivity index (χ0n) is 12.6. The van der Waals surface area contributed by atoms with Crippen molar-refractivity contribution in [2.45, 2.75) is 13.1 Å².